The van der Waals surface area contributed by atoms with E-state index in [-0.39, 0.29) is 0 Å². The highest BCUT2D eigenvalue weighted by molar-refractivity contribution is 5.68. The molecule has 1 aliphatic rings. The average molecular weight is 277 g/mol. The minimum absolute atomic E-state index is 0.759. The molecule has 0 unspecified atom stereocenters. The van der Waals surface area contributed by atoms with E-state index in [1.807, 2.05) is 41.2 Å². The summed E-state index contributed by atoms with van der Waals surface area (Å²) >= 11 is 0. The third kappa shape index (κ3) is 2.07. The first-order valence-corrected chi connectivity index (χ1v) is 7.37. The van der Waals surface area contributed by atoms with Crippen molar-refractivity contribution >= 4 is 11.3 Å². The topological polar surface area (TPSA) is 56.2 Å². The lowest BCUT2D eigenvalue weighted by atomic mass is 10.0. The van der Waals surface area contributed by atoms with Crippen molar-refractivity contribution < 1.29 is 0 Å². The van der Waals surface area contributed by atoms with E-state index in [1.54, 1.807) is 0 Å². The van der Waals surface area contributed by atoms with Gasteiger partial charge in [-0.15, -0.1) is 0 Å². The minimum atomic E-state index is 0.759. The molecule has 0 spiro atoms. The molecule has 21 heavy (non-hydrogen) atoms. The third-order valence-electron chi connectivity index (χ3n) is 4.17. The van der Waals surface area contributed by atoms with E-state index in [1.165, 1.54) is 37.2 Å². The second-order valence-electron chi connectivity index (χ2n) is 5.56. The Hall–Kier alpha value is -2.36. The smallest absolute Gasteiger partial charge is 0.159 e. The van der Waals surface area contributed by atoms with E-state index in [4.69, 9.17) is 5.73 Å². The summed E-state index contributed by atoms with van der Waals surface area (Å²) in [5.41, 5.74) is 10.9. The molecule has 105 valence electrons. The van der Waals surface area contributed by atoms with Crippen molar-refractivity contribution in [3.63, 3.8) is 0 Å². The van der Waals surface area contributed by atoms with Gasteiger partial charge in [0, 0.05) is 28.9 Å². The Balaban J connectivity index is 1.87. The SMILES string of the molecule is Nc1cccc(-c2ccnc3c([C]4CCCC4)cnn23)c1. The third-order valence-corrected chi connectivity index (χ3v) is 4.17. The fraction of sp³-hybridized carbons (Fsp3) is 0.235. The molecule has 1 aromatic carbocycles. The number of fused-ring (bicyclic) bond motifs is 1. The number of hydrogen-bond donors (Lipinski definition) is 1. The number of nitrogens with zero attached hydrogens (tertiary/aromatic N) is 3. The molecule has 2 aromatic heterocycles. The zero-order chi connectivity index (χ0) is 14.2. The zero-order valence-electron chi connectivity index (χ0n) is 11.8. The van der Waals surface area contributed by atoms with Crippen molar-refractivity contribution in [2.24, 2.45) is 0 Å². The summed E-state index contributed by atoms with van der Waals surface area (Å²) in [4.78, 5) is 4.54. The van der Waals surface area contributed by atoms with Crippen molar-refractivity contribution in [3.05, 3.63) is 54.2 Å². The largest absolute Gasteiger partial charge is 0.399 e. The van der Waals surface area contributed by atoms with Gasteiger partial charge in [0.1, 0.15) is 0 Å². The first-order chi connectivity index (χ1) is 10.3. The molecule has 2 heterocycles. The Labute approximate surface area is 123 Å². The molecule has 4 heteroatoms. The summed E-state index contributed by atoms with van der Waals surface area (Å²) in [6, 6.07) is 9.86. The molecule has 0 aliphatic heterocycles. The lowest BCUT2D eigenvalue weighted by Gasteiger charge is -2.08. The maximum absolute atomic E-state index is 5.90. The Morgan fingerprint density at radius 1 is 1.10 bits per heavy atom. The normalized spacial score (nSPS) is 15.8. The molecule has 1 saturated carbocycles. The molecular weight excluding hydrogens is 260 g/mol. The van der Waals surface area contributed by atoms with Gasteiger partial charge in [-0.1, -0.05) is 25.0 Å². The molecule has 1 aliphatic carbocycles. The first-order valence-electron chi connectivity index (χ1n) is 7.37. The van der Waals surface area contributed by atoms with Crippen molar-refractivity contribution in [2.45, 2.75) is 25.7 Å². The fourth-order valence-electron chi connectivity index (χ4n) is 3.13. The number of nitrogen functional groups attached to an aromatic ring is 1. The number of nitrogens with two attached hydrogens (primary N) is 1. The van der Waals surface area contributed by atoms with Crippen LogP contribution in [-0.4, -0.2) is 14.6 Å². The minimum Gasteiger partial charge on any atom is -0.399 e. The maximum atomic E-state index is 5.90. The van der Waals surface area contributed by atoms with Crippen LogP contribution in [0.25, 0.3) is 16.9 Å². The highest BCUT2D eigenvalue weighted by Crippen LogP contribution is 2.35. The van der Waals surface area contributed by atoms with Gasteiger partial charge in [-0.3, -0.25) is 0 Å². The van der Waals surface area contributed by atoms with Gasteiger partial charge in [-0.05, 0) is 31.0 Å². The molecule has 4 nitrogen and oxygen atoms in total. The van der Waals surface area contributed by atoms with E-state index >= 15 is 0 Å². The summed E-state index contributed by atoms with van der Waals surface area (Å²) in [6.07, 6.45) is 8.72. The molecular formula is C17H17N4. The van der Waals surface area contributed by atoms with Crippen molar-refractivity contribution in [3.8, 4) is 11.3 Å². The molecule has 0 amide bonds. The van der Waals surface area contributed by atoms with E-state index < -0.39 is 0 Å². The van der Waals surface area contributed by atoms with Gasteiger partial charge in [-0.25, -0.2) is 9.50 Å². The Morgan fingerprint density at radius 3 is 2.76 bits per heavy atom. The van der Waals surface area contributed by atoms with E-state index in [2.05, 4.69) is 16.1 Å². The van der Waals surface area contributed by atoms with Crippen LogP contribution in [0, 0.1) is 5.92 Å². The Kier molecular flexibility index (Phi) is 2.88. The molecule has 4 rings (SSSR count). The van der Waals surface area contributed by atoms with Crippen molar-refractivity contribution in [2.75, 3.05) is 5.73 Å². The van der Waals surface area contributed by atoms with Crippen LogP contribution in [-0.2, 0) is 0 Å². The number of benzene rings is 1. The number of rotatable bonds is 2. The Bertz CT molecular complexity index is 784. The zero-order valence-corrected chi connectivity index (χ0v) is 11.8. The average Bonchev–Trinajstić information content (AvgIpc) is 3.15. The van der Waals surface area contributed by atoms with Crippen LogP contribution in [0.2, 0.25) is 0 Å². The van der Waals surface area contributed by atoms with Gasteiger partial charge in [0.05, 0.1) is 11.9 Å². The number of anilines is 1. The van der Waals surface area contributed by atoms with E-state index in [9.17, 15) is 0 Å². The van der Waals surface area contributed by atoms with Crippen LogP contribution in [0.3, 0.4) is 0 Å². The van der Waals surface area contributed by atoms with Gasteiger partial charge in [-0.2, -0.15) is 5.10 Å². The molecule has 2 N–H and O–H groups in total. The van der Waals surface area contributed by atoms with Gasteiger partial charge >= 0.3 is 0 Å². The Morgan fingerprint density at radius 2 is 1.95 bits per heavy atom. The van der Waals surface area contributed by atoms with Crippen LogP contribution in [0.5, 0.6) is 0 Å². The molecule has 0 atom stereocenters. The van der Waals surface area contributed by atoms with Gasteiger partial charge in [0.2, 0.25) is 0 Å². The quantitative estimate of drug-likeness (QED) is 0.730. The molecule has 1 radical (unpaired) electrons. The van der Waals surface area contributed by atoms with Crippen LogP contribution in [0.1, 0.15) is 31.2 Å². The number of aromatic nitrogens is 3. The second kappa shape index (κ2) is 4.88. The predicted molar refractivity (Wildman–Crippen MR) is 83.6 cm³/mol. The van der Waals surface area contributed by atoms with Crippen LogP contribution in [0.4, 0.5) is 5.69 Å². The van der Waals surface area contributed by atoms with E-state index in [0.29, 0.717) is 0 Å². The van der Waals surface area contributed by atoms with Crippen LogP contribution in [0.15, 0.2) is 42.7 Å². The fourth-order valence-corrected chi connectivity index (χ4v) is 3.13. The summed E-state index contributed by atoms with van der Waals surface area (Å²) in [5.74, 6) is 1.49. The molecule has 1 fully saturated rings. The van der Waals surface area contributed by atoms with E-state index in [0.717, 1.165) is 22.6 Å². The molecule has 3 aromatic rings. The summed E-state index contributed by atoms with van der Waals surface area (Å²) in [7, 11) is 0. The summed E-state index contributed by atoms with van der Waals surface area (Å²) in [6.45, 7) is 0. The molecule has 0 saturated heterocycles. The van der Waals surface area contributed by atoms with Crippen LogP contribution < -0.4 is 5.73 Å². The highest BCUT2D eigenvalue weighted by Gasteiger charge is 2.22. The first kappa shape index (κ1) is 12.4. The number of hydrogen-bond acceptors (Lipinski definition) is 3. The van der Waals surface area contributed by atoms with Crippen molar-refractivity contribution in [1.29, 1.82) is 0 Å². The maximum Gasteiger partial charge on any atom is 0.159 e. The summed E-state index contributed by atoms with van der Waals surface area (Å²) < 4.78 is 1.93. The monoisotopic (exact) mass is 277 g/mol. The van der Waals surface area contributed by atoms with Gasteiger partial charge < -0.3 is 5.73 Å². The highest BCUT2D eigenvalue weighted by atomic mass is 15.3. The van der Waals surface area contributed by atoms with Crippen LogP contribution >= 0.6 is 0 Å². The van der Waals surface area contributed by atoms with Gasteiger partial charge in [0.25, 0.3) is 0 Å². The van der Waals surface area contributed by atoms with Crippen molar-refractivity contribution in [1.82, 2.24) is 14.6 Å². The van der Waals surface area contributed by atoms with Gasteiger partial charge in [0.15, 0.2) is 5.65 Å². The second-order valence-corrected chi connectivity index (χ2v) is 5.56. The lowest BCUT2D eigenvalue weighted by molar-refractivity contribution is 0.886. The standard InChI is InChI=1S/C17H17N4/c18-14-7-3-6-13(10-14)16-8-9-19-17-15(11-20-21(16)17)12-4-1-2-5-12/h3,6-11H,1-2,4-5,18H2. The molecule has 0 bridgehead atoms. The predicted octanol–water partition coefficient (Wildman–Crippen LogP) is 3.48. The summed E-state index contributed by atoms with van der Waals surface area (Å²) in [5, 5.41) is 4.56. The lowest BCUT2D eigenvalue weighted by Crippen LogP contribution is -1.98.